The first-order valence-corrected chi connectivity index (χ1v) is 3.93. The van der Waals surface area contributed by atoms with Crippen LogP contribution in [0.3, 0.4) is 0 Å². The fourth-order valence-corrected chi connectivity index (χ4v) is 0.843. The molecule has 0 spiro atoms. The van der Waals surface area contributed by atoms with E-state index >= 15 is 0 Å². The molecule has 0 bridgehead atoms. The molecule has 0 aromatic carbocycles. The molecule has 1 aliphatic heterocycles. The van der Waals surface area contributed by atoms with E-state index in [0.29, 0.717) is 16.0 Å². The maximum Gasteiger partial charge on any atom is 0.326 e. The third kappa shape index (κ3) is 1.27. The Morgan fingerprint density at radius 2 is 2.50 bits per heavy atom. The van der Waals surface area contributed by atoms with Crippen molar-refractivity contribution < 1.29 is 9.59 Å². The minimum atomic E-state index is -0.618. The van der Waals surface area contributed by atoms with E-state index in [0.717, 1.165) is 0 Å². The van der Waals surface area contributed by atoms with Gasteiger partial charge in [-0.25, -0.2) is 0 Å². The van der Waals surface area contributed by atoms with Gasteiger partial charge in [0.2, 0.25) is 0 Å². The van der Waals surface area contributed by atoms with Crippen molar-refractivity contribution in [3.05, 3.63) is 0 Å². The molecule has 0 aromatic rings. The van der Waals surface area contributed by atoms with Gasteiger partial charge in [0.25, 0.3) is 5.91 Å². The van der Waals surface area contributed by atoms with Crippen molar-refractivity contribution in [3.63, 3.8) is 0 Å². The van der Waals surface area contributed by atoms with Gasteiger partial charge in [0, 0.05) is 11.0 Å². The summed E-state index contributed by atoms with van der Waals surface area (Å²) in [4.78, 5) is 21.2. The van der Waals surface area contributed by atoms with Crippen molar-refractivity contribution in [2.45, 2.75) is 0 Å². The molecule has 1 aliphatic rings. The maximum absolute atomic E-state index is 10.6. The summed E-state index contributed by atoms with van der Waals surface area (Å²) in [5.41, 5.74) is 0. The van der Waals surface area contributed by atoms with Gasteiger partial charge in [-0.3, -0.25) is 9.59 Å². The van der Waals surface area contributed by atoms with Crippen LogP contribution in [0.2, 0.25) is 0 Å². The van der Waals surface area contributed by atoms with Crippen molar-refractivity contribution in [2.24, 2.45) is 10.3 Å². The highest BCUT2D eigenvalue weighted by atomic mass is 35.7. The molecular formula is C3H2ClN3O2S. The molecule has 0 saturated heterocycles. The molecule has 0 unspecified atom stereocenters. The number of carbonyl (C=O) groups excluding carboxylic acids is 2. The van der Waals surface area contributed by atoms with Crippen LogP contribution in [0.4, 0.5) is 4.79 Å². The lowest BCUT2D eigenvalue weighted by atomic mass is 10.6. The minimum Gasteiger partial charge on any atom is -0.270 e. The quantitative estimate of drug-likeness (QED) is 0.562. The zero-order valence-corrected chi connectivity index (χ0v) is 6.22. The fourth-order valence-electron chi connectivity index (χ4n) is 0.443. The van der Waals surface area contributed by atoms with Crippen molar-refractivity contribution in [1.82, 2.24) is 5.01 Å². The number of imide groups is 1. The zero-order chi connectivity index (χ0) is 7.56. The van der Waals surface area contributed by atoms with E-state index in [-0.39, 0.29) is 6.54 Å². The van der Waals surface area contributed by atoms with Crippen LogP contribution in [0.5, 0.6) is 0 Å². The van der Waals surface area contributed by atoms with Crippen molar-refractivity contribution in [2.75, 3.05) is 6.54 Å². The monoisotopic (exact) mass is 179 g/mol. The fraction of sp³-hybridized carbons (Fsp3) is 0.333. The number of rotatable bonds is 0. The topological polar surface area (TPSA) is 62.1 Å². The molecule has 10 heavy (non-hydrogen) atoms. The summed E-state index contributed by atoms with van der Waals surface area (Å²) in [5, 5.41) is 6.58. The Morgan fingerprint density at radius 3 is 2.90 bits per heavy atom. The third-order valence-electron chi connectivity index (χ3n) is 0.834. The lowest BCUT2D eigenvalue weighted by molar-refractivity contribution is -0.124. The first-order chi connectivity index (χ1) is 4.75. The van der Waals surface area contributed by atoms with Crippen molar-refractivity contribution in [1.29, 1.82) is 0 Å². The molecule has 2 amide bonds. The van der Waals surface area contributed by atoms with Crippen molar-refractivity contribution in [3.8, 4) is 0 Å². The molecule has 7 heteroatoms. The summed E-state index contributed by atoms with van der Waals surface area (Å²) >= 11 is 0. The number of amides is 2. The Balaban J connectivity index is 2.64. The van der Waals surface area contributed by atoms with Gasteiger partial charge >= 0.3 is 5.24 Å². The molecule has 5 nitrogen and oxygen atoms in total. The lowest BCUT2D eigenvalue weighted by Gasteiger charge is -2.01. The standard InChI is InChI=1S/C3H2ClN3O2S/c4-10-3(9)7-2(8)1-5-6-7/h1H2. The van der Waals surface area contributed by atoms with E-state index in [9.17, 15) is 9.59 Å². The summed E-state index contributed by atoms with van der Waals surface area (Å²) in [5.74, 6) is -0.446. The van der Waals surface area contributed by atoms with E-state index in [2.05, 4.69) is 10.3 Å². The van der Waals surface area contributed by atoms with Gasteiger partial charge in [-0.1, -0.05) is 5.22 Å². The van der Waals surface area contributed by atoms with Crippen LogP contribution < -0.4 is 0 Å². The summed E-state index contributed by atoms with van der Waals surface area (Å²) in [6, 6.07) is 0. The number of carbonyl (C=O) groups is 2. The molecule has 0 radical (unpaired) electrons. The number of hydrogen-bond donors (Lipinski definition) is 0. The second kappa shape index (κ2) is 2.98. The lowest BCUT2D eigenvalue weighted by Crippen LogP contribution is -2.25. The molecule has 0 aromatic heterocycles. The number of nitrogens with zero attached hydrogens (tertiary/aromatic N) is 3. The average molecular weight is 180 g/mol. The van der Waals surface area contributed by atoms with Crippen LogP contribution in [0.15, 0.2) is 10.3 Å². The largest absolute Gasteiger partial charge is 0.326 e. The van der Waals surface area contributed by atoms with Crippen LogP contribution in [-0.4, -0.2) is 22.7 Å². The van der Waals surface area contributed by atoms with E-state index in [1.165, 1.54) is 0 Å². The summed E-state index contributed by atoms with van der Waals surface area (Å²) in [6.07, 6.45) is 0. The molecule has 54 valence electrons. The highest BCUT2D eigenvalue weighted by molar-refractivity contribution is 8.32. The van der Waals surface area contributed by atoms with Crippen LogP contribution >= 0.6 is 21.7 Å². The Bertz CT molecular complexity index is 206. The molecular weight excluding hydrogens is 178 g/mol. The molecule has 1 rings (SSSR count). The number of hydrogen-bond acceptors (Lipinski definition) is 5. The predicted octanol–water partition coefficient (Wildman–Crippen LogP) is 1.20. The van der Waals surface area contributed by atoms with Gasteiger partial charge in [0.1, 0.15) is 6.54 Å². The van der Waals surface area contributed by atoms with Gasteiger partial charge in [0.15, 0.2) is 0 Å². The first-order valence-electron chi connectivity index (χ1n) is 2.28. The summed E-state index contributed by atoms with van der Waals surface area (Å²) < 4.78 is 0. The second-order valence-corrected chi connectivity index (χ2v) is 2.40. The Kier molecular flexibility index (Phi) is 2.23. The van der Waals surface area contributed by atoms with E-state index in [1.807, 2.05) is 0 Å². The Morgan fingerprint density at radius 1 is 1.80 bits per heavy atom. The van der Waals surface area contributed by atoms with Gasteiger partial charge in [-0.15, -0.1) is 5.01 Å². The maximum atomic E-state index is 10.6. The van der Waals surface area contributed by atoms with Crippen LogP contribution in [0, 0.1) is 0 Å². The van der Waals surface area contributed by atoms with E-state index in [4.69, 9.17) is 10.7 Å². The Hall–Kier alpha value is -0.620. The van der Waals surface area contributed by atoms with Crippen LogP contribution in [0.1, 0.15) is 0 Å². The first kappa shape index (κ1) is 7.49. The molecule has 0 aliphatic carbocycles. The molecule has 0 saturated carbocycles. The van der Waals surface area contributed by atoms with Gasteiger partial charge in [-0.2, -0.15) is 5.11 Å². The normalized spacial score (nSPS) is 16.5. The van der Waals surface area contributed by atoms with E-state index in [1.54, 1.807) is 0 Å². The van der Waals surface area contributed by atoms with Crippen molar-refractivity contribution >= 4 is 32.8 Å². The summed E-state index contributed by atoms with van der Waals surface area (Å²) in [6.45, 7) is -0.0663. The van der Waals surface area contributed by atoms with Gasteiger partial charge in [0.05, 0.1) is 0 Å². The third-order valence-corrected chi connectivity index (χ3v) is 1.53. The van der Waals surface area contributed by atoms with E-state index < -0.39 is 11.1 Å². The molecule has 0 atom stereocenters. The summed E-state index contributed by atoms with van der Waals surface area (Å²) in [7, 11) is 5.48. The second-order valence-electron chi connectivity index (χ2n) is 1.44. The molecule has 1 heterocycles. The highest BCUT2D eigenvalue weighted by Gasteiger charge is 2.25. The SMILES string of the molecule is O=C1CN=NN1C(=O)SCl. The molecule has 0 fully saturated rings. The smallest absolute Gasteiger partial charge is 0.270 e. The zero-order valence-electron chi connectivity index (χ0n) is 4.65. The highest BCUT2D eigenvalue weighted by Crippen LogP contribution is 2.16. The molecule has 0 N–H and O–H groups in total. The van der Waals surface area contributed by atoms with Crippen LogP contribution in [0.25, 0.3) is 0 Å². The Labute approximate surface area is 64.9 Å². The number of halogens is 1. The van der Waals surface area contributed by atoms with Gasteiger partial charge in [-0.05, 0) is 10.7 Å². The average Bonchev–Trinajstić information content (AvgIpc) is 2.34. The predicted molar refractivity (Wildman–Crippen MR) is 35.4 cm³/mol. The van der Waals surface area contributed by atoms with Gasteiger partial charge < -0.3 is 0 Å². The minimum absolute atomic E-state index is 0.0663. The van der Waals surface area contributed by atoms with Crippen LogP contribution in [-0.2, 0) is 4.79 Å².